The highest BCUT2D eigenvalue weighted by Gasteiger charge is 2.09. The van der Waals surface area contributed by atoms with Gasteiger partial charge in [0, 0.05) is 19.3 Å². The van der Waals surface area contributed by atoms with E-state index in [1.165, 1.54) is 23.1 Å². The Balaban J connectivity index is 2.56. The Labute approximate surface area is 118 Å². The number of ether oxygens (including phenoxy) is 1. The van der Waals surface area contributed by atoms with Crippen LogP contribution in [0.1, 0.15) is 43.4 Å². The van der Waals surface area contributed by atoms with Gasteiger partial charge in [-0.25, -0.2) is 0 Å². The normalized spacial score (nSPS) is 12.6. The zero-order valence-electron chi connectivity index (χ0n) is 13.0. The first-order valence-electron chi connectivity index (χ1n) is 7.54. The van der Waals surface area contributed by atoms with Crippen LogP contribution in [0.25, 0.3) is 0 Å². The minimum atomic E-state index is 0.522. The molecule has 1 N–H and O–H groups in total. The molecule has 0 saturated carbocycles. The van der Waals surface area contributed by atoms with E-state index in [2.05, 4.69) is 51.2 Å². The molecular weight excluding hydrogens is 234 g/mol. The fourth-order valence-electron chi connectivity index (χ4n) is 2.21. The monoisotopic (exact) mass is 263 g/mol. The third kappa shape index (κ3) is 6.22. The molecule has 0 bridgehead atoms. The van der Waals surface area contributed by atoms with Crippen LogP contribution >= 0.6 is 0 Å². The van der Waals surface area contributed by atoms with Gasteiger partial charge in [0.25, 0.3) is 0 Å². The summed E-state index contributed by atoms with van der Waals surface area (Å²) in [6.07, 6.45) is 3.35. The van der Waals surface area contributed by atoms with Crippen LogP contribution < -0.4 is 5.32 Å². The minimum absolute atomic E-state index is 0.522. The van der Waals surface area contributed by atoms with Crippen molar-refractivity contribution in [2.24, 2.45) is 0 Å². The number of aryl methyl sites for hydroxylation is 2. The standard InChI is InChI=1S/C17H29NO/c1-5-10-18-17(9-11-19-6-2)13-16-8-7-14(3)15(4)12-16/h7-8,12,17-18H,5-6,9-11,13H2,1-4H3. The topological polar surface area (TPSA) is 21.3 Å². The van der Waals surface area contributed by atoms with Crippen molar-refractivity contribution < 1.29 is 4.74 Å². The molecule has 0 radical (unpaired) electrons. The zero-order valence-corrected chi connectivity index (χ0v) is 13.0. The summed E-state index contributed by atoms with van der Waals surface area (Å²) in [5, 5.41) is 3.63. The van der Waals surface area contributed by atoms with E-state index in [9.17, 15) is 0 Å². The smallest absolute Gasteiger partial charge is 0.0480 e. The quantitative estimate of drug-likeness (QED) is 0.687. The molecule has 0 fully saturated rings. The van der Waals surface area contributed by atoms with E-state index in [0.29, 0.717) is 6.04 Å². The predicted octanol–water partition coefficient (Wildman–Crippen LogP) is 3.64. The van der Waals surface area contributed by atoms with Gasteiger partial charge >= 0.3 is 0 Å². The summed E-state index contributed by atoms with van der Waals surface area (Å²) >= 11 is 0. The second kappa shape index (κ2) is 9.11. The first kappa shape index (κ1) is 16.2. The van der Waals surface area contributed by atoms with E-state index in [0.717, 1.165) is 32.6 Å². The van der Waals surface area contributed by atoms with Crippen molar-refractivity contribution in [1.82, 2.24) is 5.32 Å². The lowest BCUT2D eigenvalue weighted by Crippen LogP contribution is -2.33. The number of benzene rings is 1. The van der Waals surface area contributed by atoms with Gasteiger partial charge in [0.05, 0.1) is 0 Å². The van der Waals surface area contributed by atoms with Gasteiger partial charge in [0.1, 0.15) is 0 Å². The molecule has 0 aromatic heterocycles. The number of hydrogen-bond donors (Lipinski definition) is 1. The molecule has 1 unspecified atom stereocenters. The van der Waals surface area contributed by atoms with E-state index in [1.807, 2.05) is 0 Å². The van der Waals surface area contributed by atoms with Gasteiger partial charge in [-0.1, -0.05) is 25.1 Å². The van der Waals surface area contributed by atoms with Crippen LogP contribution in [0.3, 0.4) is 0 Å². The van der Waals surface area contributed by atoms with Crippen LogP contribution in [0.5, 0.6) is 0 Å². The summed E-state index contributed by atoms with van der Waals surface area (Å²) in [7, 11) is 0. The maximum absolute atomic E-state index is 5.48. The molecule has 0 amide bonds. The molecule has 0 aliphatic carbocycles. The molecule has 2 nitrogen and oxygen atoms in total. The second-order valence-corrected chi connectivity index (χ2v) is 5.26. The molecule has 1 aromatic rings. The molecule has 0 spiro atoms. The van der Waals surface area contributed by atoms with Crippen LogP contribution in [0.2, 0.25) is 0 Å². The highest BCUT2D eigenvalue weighted by atomic mass is 16.5. The summed E-state index contributed by atoms with van der Waals surface area (Å²) in [6, 6.07) is 7.32. The van der Waals surface area contributed by atoms with Crippen LogP contribution in [0.4, 0.5) is 0 Å². The van der Waals surface area contributed by atoms with E-state index >= 15 is 0 Å². The lowest BCUT2D eigenvalue weighted by atomic mass is 9.99. The first-order chi connectivity index (χ1) is 9.17. The molecular formula is C17H29NO. The lowest BCUT2D eigenvalue weighted by molar-refractivity contribution is 0.136. The van der Waals surface area contributed by atoms with Crippen molar-refractivity contribution in [2.45, 2.75) is 53.0 Å². The molecule has 0 aliphatic heterocycles. The lowest BCUT2D eigenvalue weighted by Gasteiger charge is -2.19. The Morgan fingerprint density at radius 1 is 1.16 bits per heavy atom. The van der Waals surface area contributed by atoms with Crippen molar-refractivity contribution in [2.75, 3.05) is 19.8 Å². The third-order valence-corrected chi connectivity index (χ3v) is 3.55. The largest absolute Gasteiger partial charge is 0.382 e. The minimum Gasteiger partial charge on any atom is -0.382 e. The van der Waals surface area contributed by atoms with Crippen molar-refractivity contribution in [3.05, 3.63) is 34.9 Å². The molecule has 0 heterocycles. The molecule has 1 atom stereocenters. The Hall–Kier alpha value is -0.860. The maximum Gasteiger partial charge on any atom is 0.0480 e. The van der Waals surface area contributed by atoms with E-state index in [4.69, 9.17) is 4.74 Å². The van der Waals surface area contributed by atoms with Crippen molar-refractivity contribution in [1.29, 1.82) is 0 Å². The number of hydrogen-bond acceptors (Lipinski definition) is 2. The summed E-state index contributed by atoms with van der Waals surface area (Å²) in [6.45, 7) is 11.4. The Bertz CT molecular complexity index is 362. The van der Waals surface area contributed by atoms with Gasteiger partial charge in [-0.15, -0.1) is 0 Å². The Kier molecular flexibility index (Phi) is 7.76. The second-order valence-electron chi connectivity index (χ2n) is 5.26. The summed E-state index contributed by atoms with van der Waals surface area (Å²) in [5.74, 6) is 0. The van der Waals surface area contributed by atoms with Crippen molar-refractivity contribution in [3.8, 4) is 0 Å². The van der Waals surface area contributed by atoms with E-state index < -0.39 is 0 Å². The zero-order chi connectivity index (χ0) is 14.1. The van der Waals surface area contributed by atoms with Gasteiger partial charge in [0.2, 0.25) is 0 Å². The van der Waals surface area contributed by atoms with Gasteiger partial charge in [-0.05, 0) is 63.3 Å². The van der Waals surface area contributed by atoms with E-state index in [1.54, 1.807) is 0 Å². The number of rotatable bonds is 9. The summed E-state index contributed by atoms with van der Waals surface area (Å²) in [5.41, 5.74) is 4.18. The van der Waals surface area contributed by atoms with E-state index in [-0.39, 0.29) is 0 Å². The van der Waals surface area contributed by atoms with Crippen molar-refractivity contribution in [3.63, 3.8) is 0 Å². The molecule has 19 heavy (non-hydrogen) atoms. The third-order valence-electron chi connectivity index (χ3n) is 3.55. The highest BCUT2D eigenvalue weighted by molar-refractivity contribution is 5.30. The molecule has 1 aromatic carbocycles. The van der Waals surface area contributed by atoms with Crippen LogP contribution in [0.15, 0.2) is 18.2 Å². The average Bonchev–Trinajstić information content (AvgIpc) is 2.40. The van der Waals surface area contributed by atoms with Gasteiger partial charge in [0.15, 0.2) is 0 Å². The van der Waals surface area contributed by atoms with Gasteiger partial charge in [-0.3, -0.25) is 0 Å². The van der Waals surface area contributed by atoms with Crippen LogP contribution in [0, 0.1) is 13.8 Å². The summed E-state index contributed by atoms with van der Waals surface area (Å²) < 4.78 is 5.48. The predicted molar refractivity (Wildman–Crippen MR) is 82.8 cm³/mol. The fourth-order valence-corrected chi connectivity index (χ4v) is 2.21. The van der Waals surface area contributed by atoms with Gasteiger partial charge in [-0.2, -0.15) is 0 Å². The molecule has 2 heteroatoms. The molecule has 108 valence electrons. The Morgan fingerprint density at radius 3 is 2.58 bits per heavy atom. The highest BCUT2D eigenvalue weighted by Crippen LogP contribution is 2.12. The SMILES string of the molecule is CCCNC(CCOCC)Cc1ccc(C)c(C)c1. The number of nitrogens with one attached hydrogen (secondary N) is 1. The average molecular weight is 263 g/mol. The Morgan fingerprint density at radius 2 is 1.95 bits per heavy atom. The summed E-state index contributed by atoms with van der Waals surface area (Å²) in [4.78, 5) is 0. The maximum atomic E-state index is 5.48. The van der Waals surface area contributed by atoms with Gasteiger partial charge < -0.3 is 10.1 Å². The first-order valence-corrected chi connectivity index (χ1v) is 7.54. The fraction of sp³-hybridized carbons (Fsp3) is 0.647. The van der Waals surface area contributed by atoms with Crippen LogP contribution in [-0.2, 0) is 11.2 Å². The molecule has 0 saturated heterocycles. The molecule has 0 aliphatic rings. The van der Waals surface area contributed by atoms with Crippen molar-refractivity contribution >= 4 is 0 Å². The van der Waals surface area contributed by atoms with Crippen LogP contribution in [-0.4, -0.2) is 25.8 Å². The molecule has 1 rings (SSSR count).